The SMILES string of the molecule is CCNC(=NCC(C)N(C)c1ccccc1)NCC1CCCO1.I. The third kappa shape index (κ3) is 6.84. The Morgan fingerprint density at radius 2 is 2.08 bits per heavy atom. The highest BCUT2D eigenvalue weighted by Gasteiger charge is 2.15. The number of ether oxygens (including phenoxy) is 1. The van der Waals surface area contributed by atoms with Crippen molar-refractivity contribution in [3.8, 4) is 0 Å². The number of aliphatic imine (C=N–C) groups is 1. The Morgan fingerprint density at radius 1 is 1.33 bits per heavy atom. The number of benzene rings is 1. The van der Waals surface area contributed by atoms with Crippen molar-refractivity contribution in [3.05, 3.63) is 30.3 Å². The van der Waals surface area contributed by atoms with E-state index in [9.17, 15) is 0 Å². The maximum Gasteiger partial charge on any atom is 0.191 e. The number of hydrogen-bond acceptors (Lipinski definition) is 3. The molecule has 0 radical (unpaired) electrons. The Morgan fingerprint density at radius 3 is 2.71 bits per heavy atom. The van der Waals surface area contributed by atoms with Crippen LogP contribution in [0.4, 0.5) is 5.69 Å². The van der Waals surface area contributed by atoms with Crippen molar-refractivity contribution in [1.82, 2.24) is 10.6 Å². The summed E-state index contributed by atoms with van der Waals surface area (Å²) in [4.78, 5) is 6.98. The standard InChI is InChI=1S/C18H30N4O.HI/c1-4-19-18(21-14-17-11-8-12-23-17)20-13-15(2)22(3)16-9-6-5-7-10-16;/h5-7,9-10,15,17H,4,8,11-14H2,1-3H3,(H2,19,20,21);1H. The Labute approximate surface area is 163 Å². The fraction of sp³-hybridized carbons (Fsp3) is 0.611. The second-order valence-corrected chi connectivity index (χ2v) is 6.03. The maximum atomic E-state index is 5.65. The van der Waals surface area contributed by atoms with Crippen LogP contribution in [0.2, 0.25) is 0 Å². The van der Waals surface area contributed by atoms with Crippen LogP contribution in [0.3, 0.4) is 0 Å². The largest absolute Gasteiger partial charge is 0.376 e. The van der Waals surface area contributed by atoms with Gasteiger partial charge < -0.3 is 20.3 Å². The van der Waals surface area contributed by atoms with Crippen LogP contribution in [0.25, 0.3) is 0 Å². The number of likely N-dealkylation sites (N-methyl/N-ethyl adjacent to an activating group) is 1. The molecule has 2 atom stereocenters. The van der Waals surface area contributed by atoms with Crippen molar-refractivity contribution in [1.29, 1.82) is 0 Å². The molecule has 1 heterocycles. The third-order valence-corrected chi connectivity index (χ3v) is 4.20. The smallest absolute Gasteiger partial charge is 0.191 e. The molecule has 0 aromatic heterocycles. The minimum Gasteiger partial charge on any atom is -0.376 e. The van der Waals surface area contributed by atoms with E-state index >= 15 is 0 Å². The molecule has 0 saturated carbocycles. The van der Waals surface area contributed by atoms with E-state index in [1.807, 2.05) is 6.07 Å². The summed E-state index contributed by atoms with van der Waals surface area (Å²) in [6, 6.07) is 10.8. The molecular formula is C18H31IN4O. The number of halogens is 1. The van der Waals surface area contributed by atoms with Gasteiger partial charge in [0, 0.05) is 38.5 Å². The van der Waals surface area contributed by atoms with Crippen molar-refractivity contribution in [2.45, 2.75) is 38.8 Å². The lowest BCUT2D eigenvalue weighted by Gasteiger charge is -2.26. The van der Waals surface area contributed by atoms with Gasteiger partial charge in [0.25, 0.3) is 0 Å². The molecule has 0 spiro atoms. The van der Waals surface area contributed by atoms with Crippen LogP contribution in [0.15, 0.2) is 35.3 Å². The van der Waals surface area contributed by atoms with Crippen molar-refractivity contribution in [2.24, 2.45) is 4.99 Å². The first kappa shape index (κ1) is 21.0. The van der Waals surface area contributed by atoms with Crippen LogP contribution in [-0.2, 0) is 4.74 Å². The molecule has 24 heavy (non-hydrogen) atoms. The van der Waals surface area contributed by atoms with E-state index in [0.717, 1.165) is 38.6 Å². The minimum atomic E-state index is 0. The first-order chi connectivity index (χ1) is 11.2. The van der Waals surface area contributed by atoms with E-state index in [-0.39, 0.29) is 24.0 Å². The molecule has 0 amide bonds. The molecule has 1 aromatic rings. The molecule has 1 aliphatic rings. The summed E-state index contributed by atoms with van der Waals surface area (Å²) in [5.41, 5.74) is 1.22. The molecule has 2 rings (SSSR count). The van der Waals surface area contributed by atoms with E-state index in [1.165, 1.54) is 12.1 Å². The van der Waals surface area contributed by atoms with E-state index < -0.39 is 0 Å². The number of rotatable bonds is 7. The van der Waals surface area contributed by atoms with Gasteiger partial charge in [0.15, 0.2) is 5.96 Å². The number of nitrogens with one attached hydrogen (secondary N) is 2. The molecule has 6 heteroatoms. The first-order valence-corrected chi connectivity index (χ1v) is 8.62. The Kier molecular flexibility index (Phi) is 10.1. The molecule has 136 valence electrons. The Hall–Kier alpha value is -1.02. The van der Waals surface area contributed by atoms with Crippen molar-refractivity contribution < 1.29 is 4.74 Å². The van der Waals surface area contributed by atoms with E-state index in [4.69, 9.17) is 9.73 Å². The van der Waals surface area contributed by atoms with E-state index in [0.29, 0.717) is 12.1 Å². The molecule has 0 aliphatic carbocycles. The number of nitrogens with zero attached hydrogens (tertiary/aromatic N) is 2. The lowest BCUT2D eigenvalue weighted by Crippen LogP contribution is -2.42. The summed E-state index contributed by atoms with van der Waals surface area (Å²) in [7, 11) is 2.11. The van der Waals surface area contributed by atoms with Gasteiger partial charge in [-0.3, -0.25) is 4.99 Å². The number of guanidine groups is 1. The molecule has 5 nitrogen and oxygen atoms in total. The second-order valence-electron chi connectivity index (χ2n) is 6.03. The molecule has 1 aromatic carbocycles. The summed E-state index contributed by atoms with van der Waals surface area (Å²) < 4.78 is 5.65. The highest BCUT2D eigenvalue weighted by molar-refractivity contribution is 14.0. The third-order valence-electron chi connectivity index (χ3n) is 4.20. The van der Waals surface area contributed by atoms with Gasteiger partial charge in [0.05, 0.1) is 12.6 Å². The van der Waals surface area contributed by atoms with Gasteiger partial charge in [-0.1, -0.05) is 18.2 Å². The highest BCUT2D eigenvalue weighted by Crippen LogP contribution is 2.14. The molecule has 2 N–H and O–H groups in total. The fourth-order valence-electron chi connectivity index (χ4n) is 2.62. The summed E-state index contributed by atoms with van der Waals surface area (Å²) in [6.45, 7) is 7.60. The van der Waals surface area contributed by atoms with Gasteiger partial charge in [-0.15, -0.1) is 24.0 Å². The summed E-state index contributed by atoms with van der Waals surface area (Å²) >= 11 is 0. The molecule has 1 fully saturated rings. The number of anilines is 1. The van der Waals surface area contributed by atoms with Crippen LogP contribution in [-0.4, -0.2) is 51.4 Å². The van der Waals surface area contributed by atoms with Gasteiger partial charge in [0.2, 0.25) is 0 Å². The number of hydrogen-bond donors (Lipinski definition) is 2. The van der Waals surface area contributed by atoms with E-state index in [2.05, 4.69) is 60.7 Å². The fourth-order valence-corrected chi connectivity index (χ4v) is 2.62. The first-order valence-electron chi connectivity index (χ1n) is 8.62. The van der Waals surface area contributed by atoms with Crippen molar-refractivity contribution >= 4 is 35.6 Å². The zero-order valence-electron chi connectivity index (χ0n) is 15.0. The second kappa shape index (κ2) is 11.5. The molecular weight excluding hydrogens is 415 g/mol. The molecule has 1 saturated heterocycles. The van der Waals surface area contributed by atoms with Crippen LogP contribution in [0, 0.1) is 0 Å². The normalized spacial score (nSPS) is 18.6. The molecule has 2 unspecified atom stereocenters. The summed E-state index contributed by atoms with van der Waals surface area (Å²) in [6.07, 6.45) is 2.63. The summed E-state index contributed by atoms with van der Waals surface area (Å²) in [5, 5.41) is 6.70. The summed E-state index contributed by atoms with van der Waals surface area (Å²) in [5.74, 6) is 0.872. The van der Waals surface area contributed by atoms with Gasteiger partial charge in [-0.05, 0) is 38.8 Å². The predicted octanol–water partition coefficient (Wildman–Crippen LogP) is 2.86. The van der Waals surface area contributed by atoms with Crippen LogP contribution >= 0.6 is 24.0 Å². The zero-order chi connectivity index (χ0) is 16.5. The monoisotopic (exact) mass is 446 g/mol. The molecule has 0 bridgehead atoms. The van der Waals surface area contributed by atoms with Crippen LogP contribution < -0.4 is 15.5 Å². The van der Waals surface area contributed by atoms with Gasteiger partial charge in [-0.2, -0.15) is 0 Å². The average Bonchev–Trinajstić information content (AvgIpc) is 3.10. The zero-order valence-corrected chi connectivity index (χ0v) is 17.3. The lowest BCUT2D eigenvalue weighted by molar-refractivity contribution is 0.114. The Bertz CT molecular complexity index is 477. The number of para-hydroxylation sites is 1. The lowest BCUT2D eigenvalue weighted by atomic mass is 10.2. The van der Waals surface area contributed by atoms with Gasteiger partial charge in [0.1, 0.15) is 0 Å². The van der Waals surface area contributed by atoms with E-state index in [1.54, 1.807) is 0 Å². The maximum absolute atomic E-state index is 5.65. The highest BCUT2D eigenvalue weighted by atomic mass is 127. The Balaban J connectivity index is 0.00000288. The topological polar surface area (TPSA) is 48.9 Å². The van der Waals surface area contributed by atoms with Gasteiger partial charge in [-0.25, -0.2) is 0 Å². The molecule has 1 aliphatic heterocycles. The van der Waals surface area contributed by atoms with Gasteiger partial charge >= 0.3 is 0 Å². The quantitative estimate of drug-likeness (QED) is 0.384. The van der Waals surface area contributed by atoms with Crippen LogP contribution in [0.5, 0.6) is 0 Å². The minimum absolute atomic E-state index is 0. The average molecular weight is 446 g/mol. The van der Waals surface area contributed by atoms with Crippen LogP contribution in [0.1, 0.15) is 26.7 Å². The predicted molar refractivity (Wildman–Crippen MR) is 113 cm³/mol. The van der Waals surface area contributed by atoms with Crippen molar-refractivity contribution in [3.63, 3.8) is 0 Å². The van der Waals surface area contributed by atoms with Crippen molar-refractivity contribution in [2.75, 3.05) is 38.2 Å².